The Morgan fingerprint density at radius 2 is 1.77 bits per heavy atom. The molecule has 1 fully saturated rings. The first-order valence-corrected chi connectivity index (χ1v) is 6.22. The minimum atomic E-state index is 0.753. The number of unbranched alkanes of at least 4 members (excludes halogenated alkanes) is 1. The molecule has 0 spiro atoms. The van der Waals surface area contributed by atoms with Gasteiger partial charge in [0, 0.05) is 0 Å². The van der Waals surface area contributed by atoms with Gasteiger partial charge < -0.3 is 0 Å². The summed E-state index contributed by atoms with van der Waals surface area (Å²) >= 11 is 0. The lowest BCUT2D eigenvalue weighted by atomic mass is 9.67. The maximum absolute atomic E-state index is 2.42. The van der Waals surface area contributed by atoms with Crippen LogP contribution < -0.4 is 0 Å². The van der Waals surface area contributed by atoms with Crippen LogP contribution in [-0.2, 0) is 0 Å². The van der Waals surface area contributed by atoms with Crippen LogP contribution in [0.5, 0.6) is 0 Å². The third-order valence-corrected chi connectivity index (χ3v) is 4.15. The van der Waals surface area contributed by atoms with Crippen LogP contribution >= 0.6 is 0 Å². The van der Waals surface area contributed by atoms with Gasteiger partial charge in [0.1, 0.15) is 0 Å². The summed E-state index contributed by atoms with van der Waals surface area (Å²) in [4.78, 5) is 0. The van der Waals surface area contributed by atoms with E-state index in [0.717, 1.165) is 11.3 Å². The Kier molecular flexibility index (Phi) is 4.28. The molecule has 1 saturated carbocycles. The van der Waals surface area contributed by atoms with Crippen molar-refractivity contribution in [3.05, 3.63) is 0 Å². The van der Waals surface area contributed by atoms with Crippen LogP contribution in [-0.4, -0.2) is 0 Å². The molecular weight excluding hydrogens is 156 g/mol. The quantitative estimate of drug-likeness (QED) is 0.587. The Morgan fingerprint density at radius 3 is 2.23 bits per heavy atom. The first-order valence-electron chi connectivity index (χ1n) is 6.22. The number of hydrogen-bond acceptors (Lipinski definition) is 0. The van der Waals surface area contributed by atoms with E-state index in [1.54, 1.807) is 0 Å². The van der Waals surface area contributed by atoms with Crippen LogP contribution in [0.3, 0.4) is 0 Å². The lowest BCUT2D eigenvalue weighted by Crippen LogP contribution is -2.26. The Morgan fingerprint density at radius 1 is 1.15 bits per heavy atom. The Hall–Kier alpha value is 0. The van der Waals surface area contributed by atoms with Gasteiger partial charge in [-0.3, -0.25) is 0 Å². The molecule has 0 aliphatic heterocycles. The molecule has 0 radical (unpaired) electrons. The molecule has 0 saturated heterocycles. The minimum Gasteiger partial charge on any atom is -0.0654 e. The fourth-order valence-electron chi connectivity index (χ4n) is 2.71. The molecule has 0 aromatic heterocycles. The zero-order valence-electron chi connectivity index (χ0n) is 9.73. The van der Waals surface area contributed by atoms with Gasteiger partial charge in [-0.1, -0.05) is 52.9 Å². The van der Waals surface area contributed by atoms with Crippen LogP contribution in [0.4, 0.5) is 0 Å². The minimum absolute atomic E-state index is 0.753. The van der Waals surface area contributed by atoms with Crippen molar-refractivity contribution in [2.75, 3.05) is 0 Å². The Labute approximate surface area is 84.1 Å². The van der Waals surface area contributed by atoms with Crippen molar-refractivity contribution >= 4 is 0 Å². The van der Waals surface area contributed by atoms with Crippen LogP contribution in [0.25, 0.3) is 0 Å². The molecule has 0 bridgehead atoms. The van der Waals surface area contributed by atoms with Gasteiger partial charge in [-0.05, 0) is 30.6 Å². The first-order chi connectivity index (χ1) is 6.22. The average molecular weight is 182 g/mol. The highest BCUT2D eigenvalue weighted by Gasteiger charge is 2.31. The molecule has 78 valence electrons. The number of hydrogen-bond donors (Lipinski definition) is 0. The van der Waals surface area contributed by atoms with Crippen molar-refractivity contribution in [1.29, 1.82) is 0 Å². The fraction of sp³-hybridized carbons (Fsp3) is 1.00. The molecule has 1 rings (SSSR count). The van der Waals surface area contributed by atoms with E-state index in [1.807, 2.05) is 0 Å². The van der Waals surface area contributed by atoms with Gasteiger partial charge in [0.2, 0.25) is 0 Å². The maximum atomic E-state index is 2.42. The highest BCUT2D eigenvalue weighted by Crippen LogP contribution is 2.44. The predicted molar refractivity (Wildman–Crippen MR) is 59.9 cm³/mol. The molecule has 1 aliphatic carbocycles. The molecule has 0 heterocycles. The van der Waals surface area contributed by atoms with Gasteiger partial charge in [-0.15, -0.1) is 0 Å². The standard InChI is InChI=1S/C13H26/c1-4-6-9-13(5-2)10-7-12(3)8-11-13/h12H,4-11H2,1-3H3. The highest BCUT2D eigenvalue weighted by atomic mass is 14.4. The second-order valence-corrected chi connectivity index (χ2v) is 5.14. The largest absolute Gasteiger partial charge is 0.0654 e. The van der Waals surface area contributed by atoms with E-state index in [4.69, 9.17) is 0 Å². The third-order valence-electron chi connectivity index (χ3n) is 4.15. The van der Waals surface area contributed by atoms with Gasteiger partial charge >= 0.3 is 0 Å². The monoisotopic (exact) mass is 182 g/mol. The van der Waals surface area contributed by atoms with Crippen molar-refractivity contribution in [2.24, 2.45) is 11.3 Å². The van der Waals surface area contributed by atoms with Gasteiger partial charge in [0.15, 0.2) is 0 Å². The van der Waals surface area contributed by atoms with Gasteiger partial charge in [-0.2, -0.15) is 0 Å². The molecule has 0 atom stereocenters. The summed E-state index contributed by atoms with van der Waals surface area (Å²) < 4.78 is 0. The highest BCUT2D eigenvalue weighted by molar-refractivity contribution is 4.83. The summed E-state index contributed by atoms with van der Waals surface area (Å²) in [5.41, 5.74) is 0.753. The van der Waals surface area contributed by atoms with Crippen molar-refractivity contribution in [1.82, 2.24) is 0 Å². The third kappa shape index (κ3) is 3.00. The van der Waals surface area contributed by atoms with Crippen molar-refractivity contribution in [2.45, 2.75) is 72.1 Å². The summed E-state index contributed by atoms with van der Waals surface area (Å²) in [7, 11) is 0. The van der Waals surface area contributed by atoms with Crippen LogP contribution in [0.2, 0.25) is 0 Å². The van der Waals surface area contributed by atoms with E-state index in [2.05, 4.69) is 20.8 Å². The molecule has 0 aromatic rings. The maximum Gasteiger partial charge on any atom is -0.0300 e. The van der Waals surface area contributed by atoms with Crippen LogP contribution in [0, 0.1) is 11.3 Å². The second-order valence-electron chi connectivity index (χ2n) is 5.14. The molecular formula is C13H26. The topological polar surface area (TPSA) is 0 Å². The molecule has 0 unspecified atom stereocenters. The average Bonchev–Trinajstić information content (AvgIpc) is 2.18. The van der Waals surface area contributed by atoms with Crippen molar-refractivity contribution in [3.8, 4) is 0 Å². The lowest BCUT2D eigenvalue weighted by molar-refractivity contribution is 0.132. The smallest absolute Gasteiger partial charge is 0.0300 e. The first kappa shape index (κ1) is 11.1. The molecule has 13 heavy (non-hydrogen) atoms. The van der Waals surface area contributed by atoms with E-state index >= 15 is 0 Å². The fourth-order valence-corrected chi connectivity index (χ4v) is 2.71. The van der Waals surface area contributed by atoms with Crippen LogP contribution in [0.15, 0.2) is 0 Å². The van der Waals surface area contributed by atoms with E-state index in [0.29, 0.717) is 0 Å². The summed E-state index contributed by atoms with van der Waals surface area (Å²) in [6, 6.07) is 0. The van der Waals surface area contributed by atoms with Gasteiger partial charge in [0.25, 0.3) is 0 Å². The summed E-state index contributed by atoms with van der Waals surface area (Å²) in [6.45, 7) is 7.12. The van der Waals surface area contributed by atoms with Crippen molar-refractivity contribution < 1.29 is 0 Å². The predicted octanol–water partition coefficient (Wildman–Crippen LogP) is 4.78. The molecule has 0 amide bonds. The number of rotatable bonds is 4. The summed E-state index contributed by atoms with van der Waals surface area (Å²) in [5.74, 6) is 1.00. The Balaban J connectivity index is 2.40. The molecule has 0 aromatic carbocycles. The summed E-state index contributed by atoms with van der Waals surface area (Å²) in [6.07, 6.45) is 11.7. The van der Waals surface area contributed by atoms with Gasteiger partial charge in [-0.25, -0.2) is 0 Å². The SMILES string of the molecule is CCCCC1(CC)CCC(C)CC1. The molecule has 0 N–H and O–H groups in total. The van der Waals surface area contributed by atoms with E-state index < -0.39 is 0 Å². The van der Waals surface area contributed by atoms with E-state index in [9.17, 15) is 0 Å². The van der Waals surface area contributed by atoms with Crippen LogP contribution in [0.1, 0.15) is 72.1 Å². The lowest BCUT2D eigenvalue weighted by Gasteiger charge is -2.39. The van der Waals surface area contributed by atoms with E-state index in [-0.39, 0.29) is 0 Å². The zero-order chi connectivity index (χ0) is 9.73. The van der Waals surface area contributed by atoms with E-state index in [1.165, 1.54) is 51.4 Å². The molecule has 1 aliphatic rings. The normalized spacial score (nSPS) is 34.8. The van der Waals surface area contributed by atoms with Crippen molar-refractivity contribution in [3.63, 3.8) is 0 Å². The van der Waals surface area contributed by atoms with Gasteiger partial charge in [0.05, 0.1) is 0 Å². The zero-order valence-corrected chi connectivity index (χ0v) is 9.73. The molecule has 0 heteroatoms. The Bertz CT molecular complexity index is 123. The molecule has 0 nitrogen and oxygen atoms in total. The summed E-state index contributed by atoms with van der Waals surface area (Å²) in [5, 5.41) is 0. The second kappa shape index (κ2) is 5.02.